The van der Waals surface area contributed by atoms with Gasteiger partial charge in [0.2, 0.25) is 0 Å². The Bertz CT molecular complexity index is 1260. The Morgan fingerprint density at radius 1 is 0.818 bits per heavy atom. The molecule has 0 fully saturated rings. The van der Waals surface area contributed by atoms with Crippen molar-refractivity contribution in [2.45, 2.75) is 17.6 Å². The lowest BCUT2D eigenvalue weighted by molar-refractivity contribution is 0.102. The first kappa shape index (κ1) is 22.2. The number of thioether (sulfide) groups is 1. The number of hydrogen-bond acceptors (Lipinski definition) is 5. The topological polar surface area (TPSA) is 96.3 Å². The molecule has 33 heavy (non-hydrogen) atoms. The van der Waals surface area contributed by atoms with Crippen LogP contribution >= 0.6 is 11.8 Å². The van der Waals surface area contributed by atoms with Crippen LogP contribution in [-0.4, -0.2) is 17.1 Å². The molecule has 1 heterocycles. The fourth-order valence-corrected chi connectivity index (χ4v) is 4.03. The van der Waals surface area contributed by atoms with Crippen molar-refractivity contribution < 1.29 is 14.1 Å². The van der Waals surface area contributed by atoms with E-state index in [0.29, 0.717) is 28.4 Å². The van der Waals surface area contributed by atoms with Gasteiger partial charge in [0.15, 0.2) is 0 Å². The number of aryl methyl sites for hydroxylation is 1. The van der Waals surface area contributed by atoms with E-state index in [1.807, 2.05) is 49.4 Å². The SMILES string of the molecule is Cc1cc(CSc2ccccc2C(=O)Nc2cccc(NC(=O)Nc3ccccc3)c2)on1. The zero-order chi connectivity index (χ0) is 23.0. The van der Waals surface area contributed by atoms with E-state index in [2.05, 4.69) is 21.1 Å². The van der Waals surface area contributed by atoms with Gasteiger partial charge in [0.25, 0.3) is 5.91 Å². The van der Waals surface area contributed by atoms with Gasteiger partial charge in [-0.1, -0.05) is 41.6 Å². The molecule has 1 aromatic heterocycles. The standard InChI is InChI=1S/C25H22N4O3S/c1-17-14-21(32-29-17)16-33-23-13-6-5-12-22(23)24(30)26-19-10-7-11-20(15-19)28-25(31)27-18-8-3-2-4-9-18/h2-15H,16H2,1H3,(H,26,30)(H2,27,28,31). The van der Waals surface area contributed by atoms with Gasteiger partial charge in [-0.25, -0.2) is 4.79 Å². The van der Waals surface area contributed by atoms with Crippen LogP contribution < -0.4 is 16.0 Å². The molecule has 0 aliphatic heterocycles. The van der Waals surface area contributed by atoms with Crippen molar-refractivity contribution in [1.29, 1.82) is 0 Å². The summed E-state index contributed by atoms with van der Waals surface area (Å²) in [4.78, 5) is 26.0. The zero-order valence-electron chi connectivity index (χ0n) is 17.9. The highest BCUT2D eigenvalue weighted by molar-refractivity contribution is 7.98. The van der Waals surface area contributed by atoms with Gasteiger partial charge in [-0.05, 0) is 49.4 Å². The van der Waals surface area contributed by atoms with E-state index in [4.69, 9.17) is 4.52 Å². The molecule has 0 bridgehead atoms. The van der Waals surface area contributed by atoms with Crippen molar-refractivity contribution in [2.75, 3.05) is 16.0 Å². The molecule has 3 amide bonds. The summed E-state index contributed by atoms with van der Waals surface area (Å²) in [5, 5.41) is 12.3. The van der Waals surface area contributed by atoms with E-state index in [-0.39, 0.29) is 11.9 Å². The van der Waals surface area contributed by atoms with Gasteiger partial charge in [0.05, 0.1) is 17.0 Å². The van der Waals surface area contributed by atoms with Crippen LogP contribution in [-0.2, 0) is 5.75 Å². The van der Waals surface area contributed by atoms with Crippen LogP contribution in [0.3, 0.4) is 0 Å². The summed E-state index contributed by atoms with van der Waals surface area (Å²) in [5.74, 6) is 1.08. The molecule has 0 saturated heterocycles. The number of anilines is 3. The average Bonchev–Trinajstić information content (AvgIpc) is 3.24. The van der Waals surface area contributed by atoms with E-state index in [1.54, 1.807) is 42.5 Å². The van der Waals surface area contributed by atoms with Crippen LogP contribution in [0.15, 0.2) is 94.3 Å². The monoisotopic (exact) mass is 458 g/mol. The van der Waals surface area contributed by atoms with E-state index in [1.165, 1.54) is 11.8 Å². The maximum Gasteiger partial charge on any atom is 0.323 e. The summed E-state index contributed by atoms with van der Waals surface area (Å²) in [6.07, 6.45) is 0. The van der Waals surface area contributed by atoms with E-state index in [0.717, 1.165) is 16.3 Å². The third kappa shape index (κ3) is 6.24. The predicted molar refractivity (Wildman–Crippen MR) is 131 cm³/mol. The molecule has 0 atom stereocenters. The first-order chi connectivity index (χ1) is 16.1. The molecule has 166 valence electrons. The zero-order valence-corrected chi connectivity index (χ0v) is 18.7. The average molecular weight is 459 g/mol. The second-order valence-corrected chi connectivity index (χ2v) is 8.22. The Labute approximate surface area is 195 Å². The summed E-state index contributed by atoms with van der Waals surface area (Å²) < 4.78 is 5.25. The Morgan fingerprint density at radius 3 is 2.24 bits per heavy atom. The van der Waals surface area contributed by atoms with Crippen LogP contribution in [0.4, 0.5) is 21.9 Å². The highest BCUT2D eigenvalue weighted by Gasteiger charge is 2.13. The summed E-state index contributed by atoms with van der Waals surface area (Å²) in [6.45, 7) is 1.87. The molecule has 4 rings (SSSR count). The second-order valence-electron chi connectivity index (χ2n) is 7.20. The van der Waals surface area contributed by atoms with E-state index < -0.39 is 0 Å². The van der Waals surface area contributed by atoms with Crippen LogP contribution in [0.2, 0.25) is 0 Å². The van der Waals surface area contributed by atoms with Crippen molar-refractivity contribution >= 4 is 40.8 Å². The summed E-state index contributed by atoms with van der Waals surface area (Å²) in [5.41, 5.74) is 3.20. The molecule has 0 saturated carbocycles. The first-order valence-corrected chi connectivity index (χ1v) is 11.2. The van der Waals surface area contributed by atoms with Crippen LogP contribution in [0.5, 0.6) is 0 Å². The number of carbonyl (C=O) groups is 2. The maximum atomic E-state index is 13.0. The number of hydrogen-bond donors (Lipinski definition) is 3. The molecule has 3 N–H and O–H groups in total. The smallest absolute Gasteiger partial charge is 0.323 e. The molecule has 0 spiro atoms. The van der Waals surface area contributed by atoms with Crippen LogP contribution in [0.25, 0.3) is 0 Å². The predicted octanol–water partition coefficient (Wildman–Crippen LogP) is 6.17. The van der Waals surface area contributed by atoms with Gasteiger partial charge in [-0.3, -0.25) is 4.79 Å². The number of benzene rings is 3. The fourth-order valence-electron chi connectivity index (χ4n) is 3.10. The van der Waals surface area contributed by atoms with Gasteiger partial charge in [-0.2, -0.15) is 0 Å². The lowest BCUT2D eigenvalue weighted by Crippen LogP contribution is -2.19. The Hall–Kier alpha value is -4.04. The van der Waals surface area contributed by atoms with Gasteiger partial charge in [0.1, 0.15) is 5.76 Å². The largest absolute Gasteiger partial charge is 0.360 e. The summed E-state index contributed by atoms with van der Waals surface area (Å²) in [6, 6.07) is 25.0. The lowest BCUT2D eigenvalue weighted by atomic mass is 10.2. The molecule has 0 aliphatic carbocycles. The fraction of sp³-hybridized carbons (Fsp3) is 0.0800. The lowest BCUT2D eigenvalue weighted by Gasteiger charge is -2.11. The molecular weight excluding hydrogens is 436 g/mol. The van der Waals surface area contributed by atoms with Crippen molar-refractivity contribution in [2.24, 2.45) is 0 Å². The number of carbonyl (C=O) groups excluding carboxylic acids is 2. The van der Waals surface area contributed by atoms with Crippen LogP contribution in [0, 0.1) is 6.92 Å². The minimum Gasteiger partial charge on any atom is -0.360 e. The molecule has 8 heteroatoms. The highest BCUT2D eigenvalue weighted by atomic mass is 32.2. The molecule has 0 unspecified atom stereocenters. The number of aromatic nitrogens is 1. The molecule has 0 radical (unpaired) electrons. The third-order valence-corrected chi connectivity index (χ3v) is 5.68. The maximum absolute atomic E-state index is 13.0. The van der Waals surface area contributed by atoms with Crippen molar-refractivity contribution in [3.63, 3.8) is 0 Å². The number of rotatable bonds is 7. The second kappa shape index (κ2) is 10.5. The van der Waals surface area contributed by atoms with Crippen LogP contribution in [0.1, 0.15) is 21.8 Å². The number of nitrogens with zero attached hydrogens (tertiary/aromatic N) is 1. The van der Waals surface area contributed by atoms with Gasteiger partial charge in [0, 0.05) is 28.0 Å². The molecule has 4 aromatic rings. The molecule has 0 aliphatic rings. The minimum atomic E-state index is -0.367. The van der Waals surface area contributed by atoms with Gasteiger partial charge < -0.3 is 20.5 Å². The van der Waals surface area contributed by atoms with E-state index in [9.17, 15) is 9.59 Å². The Morgan fingerprint density at radius 2 is 1.48 bits per heavy atom. The van der Waals surface area contributed by atoms with Gasteiger partial charge >= 0.3 is 6.03 Å². The first-order valence-electron chi connectivity index (χ1n) is 10.3. The van der Waals surface area contributed by atoms with Crippen molar-refractivity contribution in [3.05, 3.63) is 102 Å². The molecule has 3 aromatic carbocycles. The summed E-state index contributed by atoms with van der Waals surface area (Å²) >= 11 is 1.50. The minimum absolute atomic E-state index is 0.238. The Balaban J connectivity index is 1.40. The summed E-state index contributed by atoms with van der Waals surface area (Å²) in [7, 11) is 0. The quantitative estimate of drug-likeness (QED) is 0.288. The third-order valence-electron chi connectivity index (χ3n) is 4.59. The van der Waals surface area contributed by atoms with Gasteiger partial charge in [-0.15, -0.1) is 11.8 Å². The van der Waals surface area contributed by atoms with E-state index >= 15 is 0 Å². The molecule has 7 nitrogen and oxygen atoms in total. The number of nitrogens with one attached hydrogen (secondary N) is 3. The van der Waals surface area contributed by atoms with Crippen molar-refractivity contribution in [3.8, 4) is 0 Å². The number of urea groups is 1. The number of para-hydroxylation sites is 1. The number of amides is 3. The van der Waals surface area contributed by atoms with Crippen molar-refractivity contribution in [1.82, 2.24) is 5.16 Å². The molecular formula is C25H22N4O3S. The highest BCUT2D eigenvalue weighted by Crippen LogP contribution is 2.27. The normalized spacial score (nSPS) is 10.5. The Kier molecular flexibility index (Phi) is 7.06.